The summed E-state index contributed by atoms with van der Waals surface area (Å²) in [5.41, 5.74) is 13.9. The van der Waals surface area contributed by atoms with E-state index in [4.69, 9.17) is 10.2 Å². The Balaban J connectivity index is 0.000000254. The van der Waals surface area contributed by atoms with Crippen LogP contribution in [0.4, 0.5) is 0 Å². The van der Waals surface area contributed by atoms with E-state index in [1.54, 1.807) is 6.20 Å². The first-order chi connectivity index (χ1) is 36.8. The number of rotatable bonds is 8. The molecule has 10 heteroatoms. The van der Waals surface area contributed by atoms with E-state index in [0.717, 1.165) is 46.7 Å². The molecular weight excluding hydrogens is 1320 g/mol. The summed E-state index contributed by atoms with van der Waals surface area (Å²) >= 11 is 0. The summed E-state index contributed by atoms with van der Waals surface area (Å²) < 4.78 is 0. The second kappa shape index (κ2) is 34.7. The van der Waals surface area contributed by atoms with Gasteiger partial charge in [0, 0.05) is 93.7 Å². The van der Waals surface area contributed by atoms with E-state index in [0.29, 0.717) is 0 Å². The number of allylic oxidation sites excluding steroid dienone is 4. The maximum atomic E-state index is 10.0. The van der Waals surface area contributed by atoms with Gasteiger partial charge >= 0.3 is 0 Å². The molecule has 10 rings (SSSR count). The molecule has 0 aliphatic heterocycles. The minimum absolute atomic E-state index is 0. The van der Waals surface area contributed by atoms with Gasteiger partial charge in [-0.25, -0.2) is 0 Å². The maximum absolute atomic E-state index is 10.0. The summed E-state index contributed by atoms with van der Waals surface area (Å²) in [5.74, 6) is -0.125. The maximum Gasteiger partial charge on any atom is 0.155 e. The number of nitrogens with zero attached hydrogens (tertiary/aromatic N) is 4. The average Bonchev–Trinajstić information content (AvgIpc) is 3.44. The van der Waals surface area contributed by atoms with Crippen molar-refractivity contribution in [2.45, 2.75) is 68.2 Å². The van der Waals surface area contributed by atoms with Crippen LogP contribution in [0.5, 0.6) is 0 Å². The molecule has 78 heavy (non-hydrogen) atoms. The van der Waals surface area contributed by atoms with Crippen molar-refractivity contribution in [2.75, 3.05) is 0 Å². The van der Waals surface area contributed by atoms with Gasteiger partial charge in [-0.15, -0.1) is 71.3 Å². The van der Waals surface area contributed by atoms with Gasteiger partial charge in [-0.05, 0) is 123 Å². The van der Waals surface area contributed by atoms with Crippen LogP contribution in [0.1, 0.15) is 63.8 Å². The number of carbonyl (C=O) groups is 2. The van der Waals surface area contributed by atoms with Gasteiger partial charge in [0.1, 0.15) is 0 Å². The van der Waals surface area contributed by atoms with Crippen molar-refractivity contribution in [3.05, 3.63) is 265 Å². The fourth-order valence-electron chi connectivity index (χ4n) is 7.75. The molecule has 8 nitrogen and oxygen atoms in total. The van der Waals surface area contributed by atoms with Gasteiger partial charge in [0.05, 0.1) is 22.9 Å². The van der Waals surface area contributed by atoms with Crippen LogP contribution in [-0.2, 0) is 62.6 Å². The van der Waals surface area contributed by atoms with Crippen molar-refractivity contribution in [3.8, 4) is 45.0 Å². The third kappa shape index (κ3) is 21.3. The molecule has 0 bridgehead atoms. The molecule has 0 aliphatic carbocycles. The summed E-state index contributed by atoms with van der Waals surface area (Å²) in [5, 5.41) is 21.6. The molecule has 0 unspecified atom stereocenters. The summed E-state index contributed by atoms with van der Waals surface area (Å²) in [6.45, 7) is 14.3. The SMILES string of the molecule is CC(=O)C=C(C)O.CC(=O)C=C(C)O.CCc1c[c-]c(-c2nccc3ccccc23)cc1.CCc1ccc(-c2nccc3ccccc23)c(C)c1.Cc1ccccc1-c1ccccn1.[Ir].[Ir].[c-]1ccccc1-c1ccccn1. The van der Waals surface area contributed by atoms with Gasteiger partial charge in [0.2, 0.25) is 0 Å². The normalized spacial score (nSPS) is 10.3. The third-order valence-electron chi connectivity index (χ3n) is 11.4. The second-order valence-electron chi connectivity index (χ2n) is 17.5. The molecule has 0 aliphatic rings. The third-order valence-corrected chi connectivity index (χ3v) is 11.4. The number of pyridine rings is 4. The topological polar surface area (TPSA) is 126 Å². The quantitative estimate of drug-likeness (QED) is 0.0875. The van der Waals surface area contributed by atoms with Gasteiger partial charge < -0.3 is 20.2 Å². The molecule has 2 radical (unpaired) electrons. The number of aliphatic hydroxyl groups is 2. The van der Waals surface area contributed by atoms with Gasteiger partial charge in [-0.1, -0.05) is 129 Å². The Morgan fingerprint density at radius 3 is 1.45 bits per heavy atom. The molecule has 6 aromatic carbocycles. The van der Waals surface area contributed by atoms with Crippen molar-refractivity contribution in [3.63, 3.8) is 0 Å². The largest absolute Gasteiger partial charge is 0.512 e. The van der Waals surface area contributed by atoms with E-state index in [1.165, 1.54) is 94.8 Å². The zero-order chi connectivity index (χ0) is 54.7. The Morgan fingerprint density at radius 2 is 0.974 bits per heavy atom. The van der Waals surface area contributed by atoms with Crippen LogP contribution in [-0.4, -0.2) is 41.7 Å². The monoisotopic (exact) mass is 1390 g/mol. The van der Waals surface area contributed by atoms with Crippen molar-refractivity contribution < 1.29 is 60.0 Å². The minimum Gasteiger partial charge on any atom is -0.512 e. The number of hydrogen-bond donors (Lipinski definition) is 2. The second-order valence-corrected chi connectivity index (χ2v) is 17.5. The Hall–Kier alpha value is -7.84. The predicted molar refractivity (Wildman–Crippen MR) is 314 cm³/mol. The average molecular weight is 1390 g/mol. The Kier molecular flexibility index (Phi) is 28.7. The first-order valence-corrected chi connectivity index (χ1v) is 25.2. The van der Waals surface area contributed by atoms with Crippen LogP contribution in [0.3, 0.4) is 0 Å². The van der Waals surface area contributed by atoms with Crippen LogP contribution < -0.4 is 0 Å². The minimum atomic E-state index is -0.125. The molecule has 0 saturated carbocycles. The van der Waals surface area contributed by atoms with Gasteiger partial charge in [0.25, 0.3) is 0 Å². The molecule has 4 heterocycles. The number of aromatic nitrogens is 4. The van der Waals surface area contributed by atoms with Crippen molar-refractivity contribution in [2.24, 2.45) is 0 Å². The van der Waals surface area contributed by atoms with Crippen LogP contribution in [0.15, 0.2) is 230 Å². The van der Waals surface area contributed by atoms with Crippen LogP contribution in [0, 0.1) is 26.0 Å². The predicted octanol–water partition coefficient (Wildman–Crippen LogP) is 16.7. The zero-order valence-electron chi connectivity index (χ0n) is 45.4. The molecule has 4 aromatic heterocycles. The Bertz CT molecular complexity index is 3380. The standard InChI is InChI=1S/C18H17N.C17H14N.C12H11N.C11H8N.2C5H8O2.2Ir/c1-3-14-8-9-16(13(2)12-14)18-17-7-5-4-6-15(17)10-11-19-18;1-2-13-7-9-15(10-8-13)17-16-6-4-3-5-14(16)11-12-18-17;1-10-6-2-3-7-11(10)12-8-4-5-9-13-12;1-2-6-10(7-3-1)11-8-4-5-9-12-11;2*1-4(6)3-5(2)7;;/h4-12H,3H2,1-2H3;3-9,11-12H,2H2,1H3;2-9H,1H3;1-6,8-9H;2*3,6H,1-2H3;;/q;-1;;-1;;;;. The van der Waals surface area contributed by atoms with E-state index in [-0.39, 0.29) is 63.3 Å². The molecule has 2 N–H and O–H groups in total. The van der Waals surface area contributed by atoms with Crippen molar-refractivity contribution >= 4 is 33.1 Å². The van der Waals surface area contributed by atoms with Crippen LogP contribution in [0.25, 0.3) is 66.6 Å². The van der Waals surface area contributed by atoms with E-state index in [1.807, 2.05) is 104 Å². The number of fused-ring (bicyclic) bond motifs is 2. The number of carbonyl (C=O) groups excluding carboxylic acids is 2. The number of ketones is 2. The van der Waals surface area contributed by atoms with Gasteiger partial charge in [-0.3, -0.25) is 19.6 Å². The van der Waals surface area contributed by atoms with Gasteiger partial charge in [-0.2, -0.15) is 0 Å². The van der Waals surface area contributed by atoms with Gasteiger partial charge in [0.15, 0.2) is 11.6 Å². The van der Waals surface area contributed by atoms with Crippen molar-refractivity contribution in [1.29, 1.82) is 0 Å². The number of benzene rings is 6. The first kappa shape index (κ1) is 64.4. The summed E-state index contributed by atoms with van der Waals surface area (Å²) in [6.07, 6.45) is 11.8. The van der Waals surface area contributed by atoms with E-state index in [2.05, 4.69) is 157 Å². The number of aliphatic hydroxyl groups excluding tert-OH is 2. The molecular formula is C68H66Ir2N4O4-2. The molecule has 0 saturated heterocycles. The summed E-state index contributed by atoms with van der Waals surface area (Å²) in [4.78, 5) is 37.7. The molecule has 402 valence electrons. The van der Waals surface area contributed by atoms with E-state index >= 15 is 0 Å². The molecule has 10 aromatic rings. The smallest absolute Gasteiger partial charge is 0.155 e. The Labute approximate surface area is 487 Å². The Morgan fingerprint density at radius 1 is 0.462 bits per heavy atom. The summed E-state index contributed by atoms with van der Waals surface area (Å²) in [6, 6.07) is 68.2. The molecule has 0 amide bonds. The molecule has 0 atom stereocenters. The number of hydrogen-bond acceptors (Lipinski definition) is 8. The van der Waals surface area contributed by atoms with E-state index < -0.39 is 0 Å². The first-order valence-electron chi connectivity index (χ1n) is 25.2. The van der Waals surface area contributed by atoms with Crippen LogP contribution in [0.2, 0.25) is 0 Å². The summed E-state index contributed by atoms with van der Waals surface area (Å²) in [7, 11) is 0. The molecule has 0 spiro atoms. The molecule has 0 fully saturated rings. The van der Waals surface area contributed by atoms with Crippen LogP contribution >= 0.6 is 0 Å². The zero-order valence-corrected chi connectivity index (χ0v) is 50.2. The fourth-order valence-corrected chi connectivity index (χ4v) is 7.75. The number of aryl methyl sites for hydroxylation is 4. The van der Waals surface area contributed by atoms with E-state index in [9.17, 15) is 9.59 Å². The fraction of sp³-hybridized carbons (Fsp3) is 0.147. The van der Waals surface area contributed by atoms with Crippen molar-refractivity contribution in [1.82, 2.24) is 19.9 Å².